The molecule has 6 heteroatoms. The number of halogens is 3. The highest BCUT2D eigenvalue weighted by Crippen LogP contribution is 2.31. The van der Waals surface area contributed by atoms with Crippen LogP contribution in [-0.4, -0.2) is 16.3 Å². The number of rotatable bonds is 4. The summed E-state index contributed by atoms with van der Waals surface area (Å²) in [5.74, 6) is 0. The summed E-state index contributed by atoms with van der Waals surface area (Å²) in [6, 6.07) is 5.14. The number of hydrogen-bond acceptors (Lipinski definition) is 2. The molecule has 0 aliphatic heterocycles. The van der Waals surface area contributed by atoms with Crippen LogP contribution in [0.2, 0.25) is 0 Å². The molecule has 1 aromatic carbocycles. The lowest BCUT2D eigenvalue weighted by Crippen LogP contribution is -2.05. The third-order valence-corrected chi connectivity index (χ3v) is 3.20. The second-order valence-electron chi connectivity index (χ2n) is 4.60. The maximum absolute atomic E-state index is 12.5. The minimum absolute atomic E-state index is 0.567. The third-order valence-electron chi connectivity index (χ3n) is 3.20. The lowest BCUT2D eigenvalue weighted by molar-refractivity contribution is -0.137. The van der Waals surface area contributed by atoms with Crippen molar-refractivity contribution in [2.24, 2.45) is 12.8 Å². The number of alkyl halides is 3. The van der Waals surface area contributed by atoms with Crippen molar-refractivity contribution in [2.45, 2.75) is 19.0 Å². The highest BCUT2D eigenvalue weighted by atomic mass is 19.4. The van der Waals surface area contributed by atoms with Gasteiger partial charge in [-0.1, -0.05) is 12.1 Å². The topological polar surface area (TPSA) is 43.8 Å². The van der Waals surface area contributed by atoms with Gasteiger partial charge in [0.1, 0.15) is 0 Å². The molecule has 0 saturated carbocycles. The summed E-state index contributed by atoms with van der Waals surface area (Å²) >= 11 is 0. The van der Waals surface area contributed by atoms with Crippen molar-refractivity contribution in [3.63, 3.8) is 0 Å². The number of aryl methyl sites for hydroxylation is 1. The van der Waals surface area contributed by atoms with Crippen molar-refractivity contribution in [1.82, 2.24) is 9.78 Å². The van der Waals surface area contributed by atoms with Crippen molar-refractivity contribution in [1.29, 1.82) is 0 Å². The summed E-state index contributed by atoms with van der Waals surface area (Å²) in [6.07, 6.45) is -1.07. The molecule has 1 heterocycles. The maximum Gasteiger partial charge on any atom is 0.416 e. The summed E-state index contributed by atoms with van der Waals surface area (Å²) in [5, 5.41) is 4.17. The Labute approximate surface area is 115 Å². The minimum atomic E-state index is -4.31. The van der Waals surface area contributed by atoms with Gasteiger partial charge >= 0.3 is 6.18 Å². The van der Waals surface area contributed by atoms with E-state index in [1.807, 2.05) is 7.05 Å². The molecule has 2 rings (SSSR count). The van der Waals surface area contributed by atoms with Crippen LogP contribution in [0.5, 0.6) is 0 Å². The monoisotopic (exact) mass is 283 g/mol. The summed E-state index contributed by atoms with van der Waals surface area (Å²) < 4.78 is 39.4. The fourth-order valence-corrected chi connectivity index (χ4v) is 2.11. The zero-order valence-corrected chi connectivity index (χ0v) is 11.1. The number of aromatic nitrogens is 2. The number of nitrogens with two attached hydrogens (primary N) is 1. The van der Waals surface area contributed by atoms with Crippen LogP contribution in [0.3, 0.4) is 0 Å². The third kappa shape index (κ3) is 3.01. The largest absolute Gasteiger partial charge is 0.416 e. The van der Waals surface area contributed by atoms with Gasteiger partial charge in [0.15, 0.2) is 0 Å². The number of nitrogens with zero attached hydrogens (tertiary/aromatic N) is 2. The van der Waals surface area contributed by atoms with Gasteiger partial charge in [-0.2, -0.15) is 18.3 Å². The first-order chi connectivity index (χ1) is 9.43. The van der Waals surface area contributed by atoms with Crippen LogP contribution < -0.4 is 5.73 Å². The van der Waals surface area contributed by atoms with E-state index in [0.717, 1.165) is 41.8 Å². The highest BCUT2D eigenvalue weighted by Gasteiger charge is 2.30. The van der Waals surface area contributed by atoms with Gasteiger partial charge in [0.05, 0.1) is 11.8 Å². The molecule has 1 aromatic heterocycles. The number of hydrogen-bond donors (Lipinski definition) is 1. The Bertz CT molecular complexity index is 570. The highest BCUT2D eigenvalue weighted by molar-refractivity contribution is 5.65. The molecular weight excluding hydrogens is 267 g/mol. The molecule has 3 nitrogen and oxygen atoms in total. The molecule has 0 aliphatic carbocycles. The molecule has 0 spiro atoms. The van der Waals surface area contributed by atoms with Crippen LogP contribution in [0.4, 0.5) is 13.2 Å². The smallest absolute Gasteiger partial charge is 0.330 e. The van der Waals surface area contributed by atoms with E-state index in [1.54, 1.807) is 10.9 Å². The van der Waals surface area contributed by atoms with Gasteiger partial charge in [0.25, 0.3) is 0 Å². The Morgan fingerprint density at radius 1 is 1.20 bits per heavy atom. The quantitative estimate of drug-likeness (QED) is 0.937. The summed E-state index contributed by atoms with van der Waals surface area (Å²) in [6.45, 7) is 0.567. The molecule has 20 heavy (non-hydrogen) atoms. The second kappa shape index (κ2) is 5.66. The zero-order chi connectivity index (χ0) is 14.8. The molecule has 108 valence electrons. The fraction of sp³-hybridized carbons (Fsp3) is 0.357. The van der Waals surface area contributed by atoms with Gasteiger partial charge in [-0.15, -0.1) is 0 Å². The lowest BCUT2D eigenvalue weighted by Gasteiger charge is -2.09. The summed E-state index contributed by atoms with van der Waals surface area (Å²) in [5.41, 5.74) is 7.42. The van der Waals surface area contributed by atoms with E-state index >= 15 is 0 Å². The lowest BCUT2D eigenvalue weighted by atomic mass is 10.0. The van der Waals surface area contributed by atoms with Crippen LogP contribution in [0.25, 0.3) is 11.1 Å². The first-order valence-electron chi connectivity index (χ1n) is 6.32. The first kappa shape index (κ1) is 14.6. The Hall–Kier alpha value is -1.82. The molecule has 0 unspecified atom stereocenters. The minimum Gasteiger partial charge on any atom is -0.330 e. The van der Waals surface area contributed by atoms with Crippen LogP contribution in [0, 0.1) is 0 Å². The van der Waals surface area contributed by atoms with Crippen LogP contribution in [-0.2, 0) is 19.6 Å². The van der Waals surface area contributed by atoms with Gasteiger partial charge in [-0.25, -0.2) is 0 Å². The van der Waals surface area contributed by atoms with Gasteiger partial charge in [0, 0.05) is 18.3 Å². The van der Waals surface area contributed by atoms with Crippen molar-refractivity contribution in [3.05, 3.63) is 41.7 Å². The molecule has 0 atom stereocenters. The van der Waals surface area contributed by atoms with Gasteiger partial charge in [-0.05, 0) is 37.1 Å². The van der Waals surface area contributed by atoms with Crippen molar-refractivity contribution in [3.8, 4) is 11.1 Å². The Morgan fingerprint density at radius 3 is 2.40 bits per heavy atom. The van der Waals surface area contributed by atoms with E-state index in [9.17, 15) is 13.2 Å². The predicted molar refractivity (Wildman–Crippen MR) is 71.0 cm³/mol. The maximum atomic E-state index is 12.5. The van der Waals surface area contributed by atoms with E-state index in [0.29, 0.717) is 6.54 Å². The average molecular weight is 283 g/mol. The van der Waals surface area contributed by atoms with Crippen molar-refractivity contribution in [2.75, 3.05) is 6.54 Å². The van der Waals surface area contributed by atoms with Crippen LogP contribution >= 0.6 is 0 Å². The normalized spacial score (nSPS) is 11.8. The van der Waals surface area contributed by atoms with Crippen molar-refractivity contribution < 1.29 is 13.2 Å². The van der Waals surface area contributed by atoms with E-state index in [4.69, 9.17) is 5.73 Å². The van der Waals surface area contributed by atoms with E-state index in [-0.39, 0.29) is 0 Å². The van der Waals surface area contributed by atoms with Crippen LogP contribution in [0.15, 0.2) is 30.5 Å². The van der Waals surface area contributed by atoms with E-state index < -0.39 is 11.7 Å². The molecule has 0 saturated heterocycles. The van der Waals surface area contributed by atoms with Crippen molar-refractivity contribution >= 4 is 0 Å². The molecule has 0 bridgehead atoms. The van der Waals surface area contributed by atoms with Crippen LogP contribution in [0.1, 0.15) is 17.7 Å². The SMILES string of the molecule is Cn1ncc(-c2ccc(C(F)(F)F)cc2)c1CCCN. The first-order valence-corrected chi connectivity index (χ1v) is 6.32. The van der Waals surface area contributed by atoms with Gasteiger partial charge in [-0.3, -0.25) is 4.68 Å². The van der Waals surface area contributed by atoms with Gasteiger partial charge in [0.2, 0.25) is 0 Å². The Morgan fingerprint density at radius 2 is 1.85 bits per heavy atom. The molecule has 2 aromatic rings. The summed E-state index contributed by atoms with van der Waals surface area (Å²) in [7, 11) is 1.82. The Balaban J connectivity index is 2.32. The molecule has 0 amide bonds. The second-order valence-corrected chi connectivity index (χ2v) is 4.60. The predicted octanol–water partition coefficient (Wildman–Crippen LogP) is 3.00. The Kier molecular flexibility index (Phi) is 4.13. The standard InChI is InChI=1S/C14H16F3N3/c1-20-13(3-2-8-18)12(9-19-20)10-4-6-11(7-5-10)14(15,16)17/h4-7,9H,2-3,8,18H2,1H3. The van der Waals surface area contributed by atoms with Gasteiger partial charge < -0.3 is 5.73 Å². The van der Waals surface area contributed by atoms with E-state index in [1.165, 1.54) is 12.1 Å². The zero-order valence-electron chi connectivity index (χ0n) is 11.1. The molecule has 0 fully saturated rings. The summed E-state index contributed by atoms with van der Waals surface area (Å²) in [4.78, 5) is 0. The number of benzene rings is 1. The molecular formula is C14H16F3N3. The fourth-order valence-electron chi connectivity index (χ4n) is 2.11. The molecule has 2 N–H and O–H groups in total. The average Bonchev–Trinajstić information content (AvgIpc) is 2.77. The van der Waals surface area contributed by atoms with E-state index in [2.05, 4.69) is 5.10 Å². The molecule has 0 aliphatic rings. The molecule has 0 radical (unpaired) electrons.